The van der Waals surface area contributed by atoms with Gasteiger partial charge in [0.1, 0.15) is 12.4 Å². The van der Waals surface area contributed by atoms with Gasteiger partial charge in [-0.25, -0.2) is 0 Å². The van der Waals surface area contributed by atoms with Crippen molar-refractivity contribution in [2.75, 3.05) is 13.2 Å². The van der Waals surface area contributed by atoms with Crippen LogP contribution in [0.4, 0.5) is 0 Å². The van der Waals surface area contributed by atoms with Crippen LogP contribution in [0.1, 0.15) is 24.0 Å². The van der Waals surface area contributed by atoms with Gasteiger partial charge in [-0.2, -0.15) is 0 Å². The molecule has 0 aliphatic carbocycles. The van der Waals surface area contributed by atoms with E-state index in [0.717, 1.165) is 25.3 Å². The number of ether oxygens (including phenoxy) is 1. The Morgan fingerprint density at radius 2 is 1.77 bits per heavy atom. The van der Waals surface area contributed by atoms with Crippen molar-refractivity contribution < 1.29 is 9.84 Å². The molecule has 22 heavy (non-hydrogen) atoms. The van der Waals surface area contributed by atoms with Crippen molar-refractivity contribution in [3.05, 3.63) is 65.7 Å². The number of hydrogen-bond acceptors (Lipinski definition) is 3. The third kappa shape index (κ3) is 3.87. The molecule has 2 aromatic carbocycles. The molecule has 0 aromatic heterocycles. The van der Waals surface area contributed by atoms with Crippen molar-refractivity contribution in [1.29, 1.82) is 0 Å². The first kappa shape index (κ1) is 15.1. The van der Waals surface area contributed by atoms with Gasteiger partial charge < -0.3 is 9.84 Å². The van der Waals surface area contributed by atoms with E-state index in [0.29, 0.717) is 12.6 Å². The highest BCUT2D eigenvalue weighted by molar-refractivity contribution is 5.28. The Morgan fingerprint density at radius 1 is 1.00 bits per heavy atom. The van der Waals surface area contributed by atoms with Crippen LogP contribution < -0.4 is 4.74 Å². The van der Waals surface area contributed by atoms with Crippen molar-refractivity contribution in [2.45, 2.75) is 32.0 Å². The molecule has 3 nitrogen and oxygen atoms in total. The van der Waals surface area contributed by atoms with Crippen molar-refractivity contribution in [1.82, 2.24) is 4.90 Å². The van der Waals surface area contributed by atoms with E-state index in [-0.39, 0.29) is 6.61 Å². The summed E-state index contributed by atoms with van der Waals surface area (Å²) in [5.41, 5.74) is 2.45. The molecule has 1 atom stereocenters. The molecule has 0 spiro atoms. The number of rotatable bonds is 6. The Labute approximate surface area is 132 Å². The van der Waals surface area contributed by atoms with Crippen LogP contribution in [0.5, 0.6) is 5.75 Å². The molecule has 3 rings (SSSR count). The van der Waals surface area contributed by atoms with Crippen LogP contribution >= 0.6 is 0 Å². The molecule has 2 aromatic rings. The van der Waals surface area contributed by atoms with Crippen LogP contribution in [-0.2, 0) is 13.2 Å². The lowest BCUT2D eigenvalue weighted by molar-refractivity contribution is 0.153. The van der Waals surface area contributed by atoms with Crippen LogP contribution in [0.3, 0.4) is 0 Å². The second kappa shape index (κ2) is 7.43. The van der Waals surface area contributed by atoms with Gasteiger partial charge >= 0.3 is 0 Å². The summed E-state index contributed by atoms with van der Waals surface area (Å²) in [6, 6.07) is 18.8. The van der Waals surface area contributed by atoms with E-state index in [9.17, 15) is 5.11 Å². The number of nitrogens with zero attached hydrogens (tertiary/aromatic N) is 1. The predicted molar refractivity (Wildman–Crippen MR) is 87.7 cm³/mol. The summed E-state index contributed by atoms with van der Waals surface area (Å²) in [7, 11) is 0. The smallest absolute Gasteiger partial charge is 0.119 e. The topological polar surface area (TPSA) is 32.7 Å². The second-order valence-electron chi connectivity index (χ2n) is 5.87. The maximum absolute atomic E-state index is 9.38. The van der Waals surface area contributed by atoms with Crippen molar-refractivity contribution in [2.24, 2.45) is 0 Å². The summed E-state index contributed by atoms with van der Waals surface area (Å²) in [6.07, 6.45) is 2.29. The molecular weight excluding hydrogens is 274 g/mol. The molecular formula is C19H23NO2. The van der Waals surface area contributed by atoms with Crippen molar-refractivity contribution >= 4 is 0 Å². The molecule has 1 saturated heterocycles. The lowest BCUT2D eigenvalue weighted by Gasteiger charge is -2.22. The number of likely N-dealkylation sites (tertiary alicyclic amines) is 1. The molecule has 0 radical (unpaired) electrons. The monoisotopic (exact) mass is 297 g/mol. The number of aliphatic hydroxyl groups is 1. The Bertz CT molecular complexity index is 568. The van der Waals surface area contributed by atoms with Crippen LogP contribution in [0.2, 0.25) is 0 Å². The Kier molecular flexibility index (Phi) is 5.09. The summed E-state index contributed by atoms with van der Waals surface area (Å²) < 4.78 is 5.81. The minimum absolute atomic E-state index is 0.262. The van der Waals surface area contributed by atoms with Gasteiger partial charge in [0, 0.05) is 12.6 Å². The zero-order chi connectivity index (χ0) is 15.2. The van der Waals surface area contributed by atoms with Crippen molar-refractivity contribution in [3.8, 4) is 5.75 Å². The highest BCUT2D eigenvalue weighted by atomic mass is 16.5. The molecule has 1 aliphatic heterocycles. The maximum atomic E-state index is 9.38. The third-order valence-electron chi connectivity index (χ3n) is 4.27. The molecule has 1 unspecified atom stereocenters. The van der Waals surface area contributed by atoms with Crippen LogP contribution in [0.25, 0.3) is 0 Å². The minimum Gasteiger partial charge on any atom is -0.489 e. The first-order chi connectivity index (χ1) is 10.8. The van der Waals surface area contributed by atoms with E-state index in [2.05, 4.69) is 29.2 Å². The highest BCUT2D eigenvalue weighted by Gasteiger charge is 2.23. The fourth-order valence-corrected chi connectivity index (χ4v) is 2.98. The zero-order valence-electron chi connectivity index (χ0n) is 12.8. The summed E-state index contributed by atoms with van der Waals surface area (Å²) >= 11 is 0. The normalized spacial score (nSPS) is 18.5. The van der Waals surface area contributed by atoms with E-state index in [1.165, 1.54) is 17.5 Å². The van der Waals surface area contributed by atoms with Gasteiger partial charge in [0.05, 0.1) is 6.61 Å². The van der Waals surface area contributed by atoms with Gasteiger partial charge in [-0.1, -0.05) is 42.5 Å². The maximum Gasteiger partial charge on any atom is 0.119 e. The van der Waals surface area contributed by atoms with E-state index in [4.69, 9.17) is 4.74 Å². The highest BCUT2D eigenvalue weighted by Crippen LogP contribution is 2.21. The molecule has 116 valence electrons. The predicted octanol–water partition coefficient (Wildman–Crippen LogP) is 3.22. The molecule has 1 N–H and O–H groups in total. The van der Waals surface area contributed by atoms with Gasteiger partial charge in [-0.15, -0.1) is 0 Å². The molecule has 1 fully saturated rings. The largest absolute Gasteiger partial charge is 0.489 e. The van der Waals surface area contributed by atoms with Gasteiger partial charge in [-0.3, -0.25) is 4.90 Å². The van der Waals surface area contributed by atoms with E-state index >= 15 is 0 Å². The lowest BCUT2D eigenvalue weighted by atomic mass is 10.2. The van der Waals surface area contributed by atoms with Gasteiger partial charge in [0.15, 0.2) is 0 Å². The Balaban J connectivity index is 1.54. The quantitative estimate of drug-likeness (QED) is 0.888. The van der Waals surface area contributed by atoms with Gasteiger partial charge in [-0.05, 0) is 42.6 Å². The van der Waals surface area contributed by atoms with Crippen molar-refractivity contribution in [3.63, 3.8) is 0 Å². The second-order valence-corrected chi connectivity index (χ2v) is 5.87. The molecule has 1 aliphatic rings. The first-order valence-corrected chi connectivity index (χ1v) is 7.96. The van der Waals surface area contributed by atoms with Crippen LogP contribution in [0, 0.1) is 0 Å². The average molecular weight is 297 g/mol. The molecule has 3 heteroatoms. The standard InChI is InChI=1S/C19H23NO2/c21-14-18-7-4-12-20(18)13-16-8-10-19(11-9-16)22-15-17-5-2-1-3-6-17/h1-3,5-6,8-11,18,21H,4,7,12-15H2. The molecule has 0 bridgehead atoms. The Hall–Kier alpha value is -1.84. The fourth-order valence-electron chi connectivity index (χ4n) is 2.98. The fraction of sp³-hybridized carbons (Fsp3) is 0.368. The molecule has 0 saturated carbocycles. The van der Waals surface area contributed by atoms with Gasteiger partial charge in [0.25, 0.3) is 0 Å². The number of benzene rings is 2. The van der Waals surface area contributed by atoms with Crippen LogP contribution in [0.15, 0.2) is 54.6 Å². The van der Waals surface area contributed by atoms with E-state index in [1.54, 1.807) is 0 Å². The summed E-state index contributed by atoms with van der Waals surface area (Å²) in [5.74, 6) is 0.896. The summed E-state index contributed by atoms with van der Waals surface area (Å²) in [6.45, 7) is 2.85. The van der Waals surface area contributed by atoms with E-state index < -0.39 is 0 Å². The van der Waals surface area contributed by atoms with Crippen LogP contribution in [-0.4, -0.2) is 29.2 Å². The number of hydrogen-bond donors (Lipinski definition) is 1. The lowest BCUT2D eigenvalue weighted by Crippen LogP contribution is -2.31. The molecule has 1 heterocycles. The third-order valence-corrected chi connectivity index (χ3v) is 4.27. The summed E-state index contributed by atoms with van der Waals surface area (Å²) in [5, 5.41) is 9.38. The van der Waals surface area contributed by atoms with Gasteiger partial charge in [0.2, 0.25) is 0 Å². The van der Waals surface area contributed by atoms with E-state index in [1.807, 2.05) is 30.3 Å². The first-order valence-electron chi connectivity index (χ1n) is 7.96. The Morgan fingerprint density at radius 3 is 2.50 bits per heavy atom. The summed E-state index contributed by atoms with van der Waals surface area (Å²) in [4.78, 5) is 2.36. The number of aliphatic hydroxyl groups excluding tert-OH is 1. The minimum atomic E-state index is 0.262. The SMILES string of the molecule is OCC1CCCN1Cc1ccc(OCc2ccccc2)cc1. The average Bonchev–Trinajstić information content (AvgIpc) is 3.02. The molecule has 0 amide bonds. The zero-order valence-corrected chi connectivity index (χ0v) is 12.8.